The molecular formula is C7H15NO. The molecule has 0 spiro atoms. The quantitative estimate of drug-likeness (QED) is 0.535. The second-order valence-corrected chi connectivity index (χ2v) is 1.34. The lowest BCUT2D eigenvalue weighted by atomic mass is 10.3. The van der Waals surface area contributed by atoms with Crippen molar-refractivity contribution in [2.24, 2.45) is 5.73 Å². The van der Waals surface area contributed by atoms with Gasteiger partial charge in [-0.15, -0.1) is 0 Å². The molecule has 9 heavy (non-hydrogen) atoms. The third-order valence-corrected chi connectivity index (χ3v) is 0.822. The Labute approximate surface area is 56.7 Å². The highest BCUT2D eigenvalue weighted by molar-refractivity contribution is 5.91. The summed E-state index contributed by atoms with van der Waals surface area (Å²) in [5.41, 5.74) is 5.45. The van der Waals surface area contributed by atoms with Crippen LogP contribution in [0.25, 0.3) is 0 Å². The predicted molar refractivity (Wildman–Crippen MR) is 40.0 cm³/mol. The fraction of sp³-hybridized carbons (Fsp3) is 0.571. The molecule has 0 aliphatic heterocycles. The fourth-order valence-corrected chi connectivity index (χ4v) is 0.142. The van der Waals surface area contributed by atoms with Gasteiger partial charge in [0.1, 0.15) is 0 Å². The number of amides is 1. The minimum Gasteiger partial charge on any atom is -0.366 e. The van der Waals surface area contributed by atoms with Crippen molar-refractivity contribution < 1.29 is 4.79 Å². The molecule has 0 heterocycles. The van der Waals surface area contributed by atoms with E-state index in [1.807, 2.05) is 13.8 Å². The van der Waals surface area contributed by atoms with Crippen LogP contribution in [0.1, 0.15) is 27.7 Å². The molecule has 0 bridgehead atoms. The first-order valence-corrected chi connectivity index (χ1v) is 3.11. The molecule has 0 aliphatic carbocycles. The van der Waals surface area contributed by atoms with Crippen molar-refractivity contribution in [3.05, 3.63) is 11.6 Å². The van der Waals surface area contributed by atoms with Gasteiger partial charge in [-0.05, 0) is 13.8 Å². The summed E-state index contributed by atoms with van der Waals surface area (Å²) in [6, 6.07) is 0. The van der Waals surface area contributed by atoms with Gasteiger partial charge in [0, 0.05) is 5.57 Å². The number of rotatable bonds is 1. The van der Waals surface area contributed by atoms with E-state index < -0.39 is 0 Å². The number of primary amides is 1. The van der Waals surface area contributed by atoms with Gasteiger partial charge in [-0.2, -0.15) is 0 Å². The Hall–Kier alpha value is -0.790. The molecule has 1 amide bonds. The van der Waals surface area contributed by atoms with E-state index in [4.69, 9.17) is 5.73 Å². The lowest BCUT2D eigenvalue weighted by molar-refractivity contribution is -0.114. The number of hydrogen-bond acceptors (Lipinski definition) is 1. The normalized spacial score (nSPS) is 9.56. The van der Waals surface area contributed by atoms with Gasteiger partial charge in [-0.1, -0.05) is 19.9 Å². The van der Waals surface area contributed by atoms with E-state index in [2.05, 4.69) is 0 Å². The number of carbonyl (C=O) groups is 1. The van der Waals surface area contributed by atoms with Gasteiger partial charge in [0.05, 0.1) is 0 Å². The molecule has 0 aromatic heterocycles. The van der Waals surface area contributed by atoms with Gasteiger partial charge in [-0.3, -0.25) is 4.79 Å². The standard InChI is InChI=1S/C5H9NO.C2H6/c1-3-4(2)5(6)7;1-2/h3H,1-2H3,(H2,6,7);1-2H3/b4-3+;. The van der Waals surface area contributed by atoms with Crippen molar-refractivity contribution in [2.45, 2.75) is 27.7 Å². The molecule has 2 N–H and O–H groups in total. The topological polar surface area (TPSA) is 43.1 Å². The lowest BCUT2D eigenvalue weighted by Crippen LogP contribution is -2.10. The first-order valence-electron chi connectivity index (χ1n) is 3.11. The Morgan fingerprint density at radius 1 is 1.44 bits per heavy atom. The summed E-state index contributed by atoms with van der Waals surface area (Å²) in [4.78, 5) is 10.1. The van der Waals surface area contributed by atoms with Crippen molar-refractivity contribution >= 4 is 5.91 Å². The van der Waals surface area contributed by atoms with Crippen LogP contribution in [0.4, 0.5) is 0 Å². The molecule has 0 aromatic rings. The minimum atomic E-state index is -0.345. The highest BCUT2D eigenvalue weighted by Gasteiger charge is 1.90. The average molecular weight is 129 g/mol. The van der Waals surface area contributed by atoms with Crippen LogP contribution in [0.15, 0.2) is 11.6 Å². The van der Waals surface area contributed by atoms with E-state index in [1.54, 1.807) is 19.9 Å². The molecule has 0 radical (unpaired) electrons. The second kappa shape index (κ2) is 7.21. The molecule has 2 nitrogen and oxygen atoms in total. The van der Waals surface area contributed by atoms with E-state index in [1.165, 1.54) is 0 Å². The van der Waals surface area contributed by atoms with Crippen LogP contribution in [-0.4, -0.2) is 5.91 Å². The van der Waals surface area contributed by atoms with Gasteiger partial charge in [0.2, 0.25) is 5.91 Å². The molecule has 2 heteroatoms. The van der Waals surface area contributed by atoms with Crippen molar-refractivity contribution in [3.63, 3.8) is 0 Å². The van der Waals surface area contributed by atoms with Crippen molar-refractivity contribution in [3.8, 4) is 0 Å². The molecule has 0 rings (SSSR count). The minimum absolute atomic E-state index is 0.345. The first-order chi connectivity index (χ1) is 4.18. The zero-order valence-electron chi connectivity index (χ0n) is 6.56. The monoisotopic (exact) mass is 129 g/mol. The zero-order chi connectivity index (χ0) is 7.86. The van der Waals surface area contributed by atoms with Crippen LogP contribution in [0.2, 0.25) is 0 Å². The Bertz CT molecular complexity index is 105. The van der Waals surface area contributed by atoms with Crippen LogP contribution in [0.3, 0.4) is 0 Å². The Balaban J connectivity index is 0. The Morgan fingerprint density at radius 3 is 1.78 bits per heavy atom. The highest BCUT2D eigenvalue weighted by atomic mass is 16.1. The maximum Gasteiger partial charge on any atom is 0.243 e. The Morgan fingerprint density at radius 2 is 1.78 bits per heavy atom. The van der Waals surface area contributed by atoms with Gasteiger partial charge in [0.25, 0.3) is 0 Å². The molecule has 54 valence electrons. The number of hydrogen-bond donors (Lipinski definition) is 1. The van der Waals surface area contributed by atoms with Gasteiger partial charge in [0.15, 0.2) is 0 Å². The fourth-order valence-electron chi connectivity index (χ4n) is 0.142. The van der Waals surface area contributed by atoms with Crippen LogP contribution in [0.5, 0.6) is 0 Å². The lowest BCUT2D eigenvalue weighted by Gasteiger charge is -1.85. The van der Waals surface area contributed by atoms with E-state index in [0.29, 0.717) is 5.57 Å². The molecule has 0 aliphatic rings. The summed E-state index contributed by atoms with van der Waals surface area (Å²) < 4.78 is 0. The van der Waals surface area contributed by atoms with Gasteiger partial charge >= 0.3 is 0 Å². The smallest absolute Gasteiger partial charge is 0.243 e. The largest absolute Gasteiger partial charge is 0.366 e. The van der Waals surface area contributed by atoms with E-state index in [-0.39, 0.29) is 5.91 Å². The first kappa shape index (κ1) is 11.1. The Kier molecular flexibility index (Phi) is 8.87. The highest BCUT2D eigenvalue weighted by Crippen LogP contribution is 1.85. The maximum atomic E-state index is 10.1. The van der Waals surface area contributed by atoms with Crippen LogP contribution >= 0.6 is 0 Å². The number of nitrogens with two attached hydrogens (primary N) is 1. The summed E-state index contributed by atoms with van der Waals surface area (Å²) in [6.45, 7) is 7.46. The molecule has 0 unspecified atom stereocenters. The summed E-state index contributed by atoms with van der Waals surface area (Å²) in [6.07, 6.45) is 1.68. The van der Waals surface area contributed by atoms with Crippen LogP contribution < -0.4 is 5.73 Å². The predicted octanol–water partition coefficient (Wildman–Crippen LogP) is 1.46. The van der Waals surface area contributed by atoms with Crippen LogP contribution in [0, 0.1) is 0 Å². The average Bonchev–Trinajstić information content (AvgIpc) is 1.91. The van der Waals surface area contributed by atoms with Crippen molar-refractivity contribution in [1.29, 1.82) is 0 Å². The van der Waals surface area contributed by atoms with Crippen LogP contribution in [-0.2, 0) is 4.79 Å². The molecular weight excluding hydrogens is 114 g/mol. The summed E-state index contributed by atoms with van der Waals surface area (Å²) >= 11 is 0. The molecule has 0 saturated carbocycles. The van der Waals surface area contributed by atoms with Gasteiger partial charge < -0.3 is 5.73 Å². The SMILES string of the molecule is C/C=C(\C)C(N)=O.CC. The van der Waals surface area contributed by atoms with Gasteiger partial charge in [-0.25, -0.2) is 0 Å². The molecule has 0 aromatic carbocycles. The molecule has 0 fully saturated rings. The number of carbonyl (C=O) groups excluding carboxylic acids is 1. The summed E-state index contributed by atoms with van der Waals surface area (Å²) in [7, 11) is 0. The van der Waals surface area contributed by atoms with E-state index in [0.717, 1.165) is 0 Å². The molecule has 0 atom stereocenters. The van der Waals surface area contributed by atoms with E-state index >= 15 is 0 Å². The number of allylic oxidation sites excluding steroid dienone is 1. The summed E-state index contributed by atoms with van der Waals surface area (Å²) in [5, 5.41) is 0. The molecule has 0 saturated heterocycles. The van der Waals surface area contributed by atoms with E-state index in [9.17, 15) is 4.79 Å². The second-order valence-electron chi connectivity index (χ2n) is 1.34. The maximum absolute atomic E-state index is 10.1. The third kappa shape index (κ3) is 7.21. The third-order valence-electron chi connectivity index (χ3n) is 0.822. The zero-order valence-corrected chi connectivity index (χ0v) is 6.56. The van der Waals surface area contributed by atoms with Crippen molar-refractivity contribution in [1.82, 2.24) is 0 Å². The van der Waals surface area contributed by atoms with Crippen molar-refractivity contribution in [2.75, 3.05) is 0 Å². The summed E-state index contributed by atoms with van der Waals surface area (Å²) in [5.74, 6) is -0.345.